The number of halogens is 1. The lowest BCUT2D eigenvalue weighted by atomic mass is 10.2. The SMILES string of the molecule is CCNc1ccnc(C(=O)Nc2ccccc2F)c1. The van der Waals surface area contributed by atoms with Gasteiger partial charge in [-0.3, -0.25) is 9.78 Å². The Morgan fingerprint density at radius 3 is 2.84 bits per heavy atom. The van der Waals surface area contributed by atoms with E-state index in [-0.39, 0.29) is 11.4 Å². The first-order valence-corrected chi connectivity index (χ1v) is 5.96. The molecule has 0 atom stereocenters. The first-order valence-electron chi connectivity index (χ1n) is 5.96. The largest absolute Gasteiger partial charge is 0.385 e. The highest BCUT2D eigenvalue weighted by molar-refractivity contribution is 6.03. The van der Waals surface area contributed by atoms with Gasteiger partial charge in [0.25, 0.3) is 5.91 Å². The van der Waals surface area contributed by atoms with Gasteiger partial charge in [-0.2, -0.15) is 0 Å². The summed E-state index contributed by atoms with van der Waals surface area (Å²) in [6.07, 6.45) is 1.54. The Hall–Kier alpha value is -2.43. The molecule has 0 aliphatic heterocycles. The monoisotopic (exact) mass is 259 g/mol. The minimum absolute atomic E-state index is 0.142. The van der Waals surface area contributed by atoms with E-state index in [0.29, 0.717) is 0 Å². The topological polar surface area (TPSA) is 54.0 Å². The number of nitrogens with one attached hydrogen (secondary N) is 2. The third-order valence-corrected chi connectivity index (χ3v) is 2.50. The van der Waals surface area contributed by atoms with Crippen LogP contribution in [-0.2, 0) is 0 Å². The second-order valence-electron chi connectivity index (χ2n) is 3.89. The van der Waals surface area contributed by atoms with Crippen molar-refractivity contribution in [2.45, 2.75) is 6.92 Å². The molecule has 1 amide bonds. The number of carbonyl (C=O) groups is 1. The van der Waals surface area contributed by atoms with E-state index in [2.05, 4.69) is 15.6 Å². The van der Waals surface area contributed by atoms with Crippen LogP contribution in [0.4, 0.5) is 15.8 Å². The zero-order valence-electron chi connectivity index (χ0n) is 10.5. The van der Waals surface area contributed by atoms with Crippen molar-refractivity contribution in [3.8, 4) is 0 Å². The number of para-hydroxylation sites is 1. The van der Waals surface area contributed by atoms with Crippen LogP contribution >= 0.6 is 0 Å². The van der Waals surface area contributed by atoms with Crippen LogP contribution in [0.3, 0.4) is 0 Å². The zero-order valence-corrected chi connectivity index (χ0v) is 10.5. The molecule has 0 radical (unpaired) electrons. The van der Waals surface area contributed by atoms with Gasteiger partial charge in [-0.05, 0) is 31.2 Å². The molecule has 2 N–H and O–H groups in total. The summed E-state index contributed by atoms with van der Waals surface area (Å²) in [6.45, 7) is 2.71. The minimum Gasteiger partial charge on any atom is -0.385 e. The van der Waals surface area contributed by atoms with Gasteiger partial charge in [0.1, 0.15) is 11.5 Å². The molecule has 0 bridgehead atoms. The van der Waals surface area contributed by atoms with Gasteiger partial charge in [-0.1, -0.05) is 12.1 Å². The second-order valence-corrected chi connectivity index (χ2v) is 3.89. The first kappa shape index (κ1) is 13.0. The standard InChI is InChI=1S/C14H14FN3O/c1-2-16-10-7-8-17-13(9-10)14(19)18-12-6-4-3-5-11(12)15/h3-9H,2H2,1H3,(H,16,17)(H,18,19). The Kier molecular flexibility index (Phi) is 4.07. The lowest BCUT2D eigenvalue weighted by Crippen LogP contribution is -2.15. The predicted octanol–water partition coefficient (Wildman–Crippen LogP) is 2.90. The zero-order chi connectivity index (χ0) is 13.7. The molecule has 1 aromatic heterocycles. The van der Waals surface area contributed by atoms with Crippen LogP contribution in [0.25, 0.3) is 0 Å². The maximum atomic E-state index is 13.4. The van der Waals surface area contributed by atoms with Crippen LogP contribution in [-0.4, -0.2) is 17.4 Å². The van der Waals surface area contributed by atoms with Crippen molar-refractivity contribution in [3.05, 3.63) is 54.1 Å². The molecule has 2 aromatic rings. The molecule has 0 saturated heterocycles. The molecule has 19 heavy (non-hydrogen) atoms. The number of hydrogen-bond acceptors (Lipinski definition) is 3. The molecule has 1 aromatic carbocycles. The molecule has 98 valence electrons. The Labute approximate surface area is 110 Å². The van der Waals surface area contributed by atoms with Crippen LogP contribution < -0.4 is 10.6 Å². The number of benzene rings is 1. The van der Waals surface area contributed by atoms with Crippen LogP contribution in [0.2, 0.25) is 0 Å². The van der Waals surface area contributed by atoms with Crippen molar-refractivity contribution in [2.75, 3.05) is 17.2 Å². The van der Waals surface area contributed by atoms with E-state index >= 15 is 0 Å². The number of nitrogens with zero attached hydrogens (tertiary/aromatic N) is 1. The summed E-state index contributed by atoms with van der Waals surface area (Å²) in [5, 5.41) is 5.58. The summed E-state index contributed by atoms with van der Waals surface area (Å²) in [5.74, 6) is -0.913. The lowest BCUT2D eigenvalue weighted by Gasteiger charge is -2.07. The summed E-state index contributed by atoms with van der Waals surface area (Å²) >= 11 is 0. The predicted molar refractivity (Wildman–Crippen MR) is 72.8 cm³/mol. The number of amides is 1. The van der Waals surface area contributed by atoms with Crippen molar-refractivity contribution in [1.82, 2.24) is 4.98 Å². The van der Waals surface area contributed by atoms with Crippen molar-refractivity contribution in [3.63, 3.8) is 0 Å². The van der Waals surface area contributed by atoms with Crippen molar-refractivity contribution < 1.29 is 9.18 Å². The molecule has 5 heteroatoms. The molecule has 2 rings (SSSR count). The molecule has 0 spiro atoms. The Morgan fingerprint density at radius 2 is 2.11 bits per heavy atom. The molecule has 4 nitrogen and oxygen atoms in total. The van der Waals surface area contributed by atoms with Crippen LogP contribution in [0.5, 0.6) is 0 Å². The van der Waals surface area contributed by atoms with E-state index in [0.717, 1.165) is 12.2 Å². The fraction of sp³-hybridized carbons (Fsp3) is 0.143. The Bertz CT molecular complexity index is 586. The normalized spacial score (nSPS) is 10.0. The van der Waals surface area contributed by atoms with E-state index in [1.54, 1.807) is 24.3 Å². The lowest BCUT2D eigenvalue weighted by molar-refractivity contribution is 0.102. The van der Waals surface area contributed by atoms with Gasteiger partial charge >= 0.3 is 0 Å². The number of aromatic nitrogens is 1. The maximum absolute atomic E-state index is 13.4. The molecule has 0 unspecified atom stereocenters. The summed E-state index contributed by atoms with van der Waals surface area (Å²) in [6, 6.07) is 9.40. The molecule has 0 fully saturated rings. The van der Waals surface area contributed by atoms with E-state index in [1.807, 2.05) is 6.92 Å². The van der Waals surface area contributed by atoms with Crippen molar-refractivity contribution in [2.24, 2.45) is 0 Å². The third-order valence-electron chi connectivity index (χ3n) is 2.50. The molecular formula is C14H14FN3O. The first-order chi connectivity index (χ1) is 9.20. The van der Waals surface area contributed by atoms with E-state index < -0.39 is 11.7 Å². The molecular weight excluding hydrogens is 245 g/mol. The van der Waals surface area contributed by atoms with Gasteiger partial charge in [0, 0.05) is 18.4 Å². The smallest absolute Gasteiger partial charge is 0.274 e. The Balaban J connectivity index is 2.16. The highest BCUT2D eigenvalue weighted by Gasteiger charge is 2.10. The number of carbonyl (C=O) groups excluding carboxylic acids is 1. The van der Waals surface area contributed by atoms with Gasteiger partial charge in [-0.25, -0.2) is 4.39 Å². The molecule has 0 saturated carbocycles. The fourth-order valence-corrected chi connectivity index (χ4v) is 1.62. The number of anilines is 2. The number of rotatable bonds is 4. The van der Waals surface area contributed by atoms with E-state index in [4.69, 9.17) is 0 Å². The van der Waals surface area contributed by atoms with E-state index in [9.17, 15) is 9.18 Å². The number of hydrogen-bond donors (Lipinski definition) is 2. The highest BCUT2D eigenvalue weighted by atomic mass is 19.1. The third kappa shape index (κ3) is 3.28. The average molecular weight is 259 g/mol. The summed E-state index contributed by atoms with van der Waals surface area (Å²) in [7, 11) is 0. The quantitative estimate of drug-likeness (QED) is 0.887. The van der Waals surface area contributed by atoms with Crippen LogP contribution in [0.1, 0.15) is 17.4 Å². The van der Waals surface area contributed by atoms with Crippen LogP contribution in [0.15, 0.2) is 42.6 Å². The Morgan fingerprint density at radius 1 is 1.32 bits per heavy atom. The van der Waals surface area contributed by atoms with Gasteiger partial charge in [-0.15, -0.1) is 0 Å². The van der Waals surface area contributed by atoms with Crippen molar-refractivity contribution in [1.29, 1.82) is 0 Å². The van der Waals surface area contributed by atoms with Crippen molar-refractivity contribution >= 4 is 17.3 Å². The fourth-order valence-electron chi connectivity index (χ4n) is 1.62. The van der Waals surface area contributed by atoms with Gasteiger partial charge in [0.05, 0.1) is 5.69 Å². The second kappa shape index (κ2) is 5.95. The van der Waals surface area contributed by atoms with E-state index in [1.165, 1.54) is 18.3 Å². The minimum atomic E-state index is -0.473. The number of pyridine rings is 1. The molecule has 1 heterocycles. The summed E-state index contributed by atoms with van der Waals surface area (Å²) in [5.41, 5.74) is 1.18. The summed E-state index contributed by atoms with van der Waals surface area (Å²) < 4.78 is 13.4. The molecule has 0 aliphatic rings. The van der Waals surface area contributed by atoms with Crippen LogP contribution in [0, 0.1) is 5.82 Å². The maximum Gasteiger partial charge on any atom is 0.274 e. The van der Waals surface area contributed by atoms with Gasteiger partial charge in [0.2, 0.25) is 0 Å². The summed E-state index contributed by atoms with van der Waals surface area (Å²) in [4.78, 5) is 15.9. The highest BCUT2D eigenvalue weighted by Crippen LogP contribution is 2.14. The average Bonchev–Trinajstić information content (AvgIpc) is 2.42. The van der Waals surface area contributed by atoms with Gasteiger partial charge < -0.3 is 10.6 Å². The van der Waals surface area contributed by atoms with Gasteiger partial charge in [0.15, 0.2) is 0 Å². The molecule has 0 aliphatic carbocycles.